The Morgan fingerprint density at radius 2 is 1.74 bits per heavy atom. The Kier molecular flexibility index (Phi) is 8.11. The molecular weight excluding hydrogens is 426 g/mol. The number of nitrogens with zero attached hydrogens (tertiary/aromatic N) is 1. The Balaban J connectivity index is 1.93. The highest BCUT2D eigenvalue weighted by Crippen LogP contribution is 2.18. The van der Waals surface area contributed by atoms with Gasteiger partial charge in [0.05, 0.1) is 10.5 Å². The molecule has 0 fully saturated rings. The van der Waals surface area contributed by atoms with E-state index >= 15 is 0 Å². The van der Waals surface area contributed by atoms with Gasteiger partial charge in [-0.15, -0.1) is 0 Å². The van der Waals surface area contributed by atoms with Crippen LogP contribution >= 0.6 is 0 Å². The van der Waals surface area contributed by atoms with Crippen molar-refractivity contribution < 1.29 is 32.3 Å². The van der Waals surface area contributed by atoms with Crippen LogP contribution in [0.1, 0.15) is 15.9 Å². The molecule has 0 heterocycles. The Hall–Kier alpha value is -3.44. The minimum atomic E-state index is -3.68. The summed E-state index contributed by atoms with van der Waals surface area (Å²) in [6.07, 6.45) is 0. The summed E-state index contributed by atoms with van der Waals surface area (Å²) in [4.78, 5) is 35.0. The molecule has 0 atom stereocenters. The van der Waals surface area contributed by atoms with Crippen LogP contribution in [-0.2, 0) is 30.9 Å². The van der Waals surface area contributed by atoms with E-state index in [-0.39, 0.29) is 29.4 Å². The fourth-order valence-electron chi connectivity index (χ4n) is 2.42. The van der Waals surface area contributed by atoms with Crippen molar-refractivity contribution in [2.45, 2.75) is 11.4 Å². The zero-order valence-corrected chi connectivity index (χ0v) is 17.8. The van der Waals surface area contributed by atoms with Crippen LogP contribution in [0, 0.1) is 0 Å². The molecule has 0 radical (unpaired) electrons. The molecule has 166 valence electrons. The highest BCUT2D eigenvalue weighted by atomic mass is 32.2. The van der Waals surface area contributed by atoms with Gasteiger partial charge >= 0.3 is 5.97 Å². The van der Waals surface area contributed by atoms with Gasteiger partial charge in [0, 0.05) is 20.6 Å². The first kappa shape index (κ1) is 23.8. The number of amides is 2. The zero-order valence-electron chi connectivity index (χ0n) is 17.0. The fourth-order valence-corrected chi connectivity index (χ4v) is 3.54. The number of esters is 1. The molecule has 2 aromatic carbocycles. The molecule has 0 unspecified atom stereocenters. The minimum absolute atomic E-state index is 0.0595. The number of benzene rings is 2. The zero-order chi connectivity index (χ0) is 23.0. The first-order valence-corrected chi connectivity index (χ1v) is 10.5. The van der Waals surface area contributed by atoms with E-state index in [4.69, 9.17) is 15.2 Å². The highest BCUT2D eigenvalue weighted by Gasteiger charge is 2.21. The van der Waals surface area contributed by atoms with Gasteiger partial charge in [-0.05, 0) is 29.8 Å². The second-order valence-corrected chi connectivity index (χ2v) is 8.65. The van der Waals surface area contributed by atoms with Crippen molar-refractivity contribution in [2.75, 3.05) is 27.3 Å². The van der Waals surface area contributed by atoms with E-state index in [0.29, 0.717) is 5.56 Å². The van der Waals surface area contributed by atoms with Crippen LogP contribution in [0.25, 0.3) is 0 Å². The van der Waals surface area contributed by atoms with Crippen molar-refractivity contribution in [2.24, 2.45) is 5.73 Å². The quantitative estimate of drug-likeness (QED) is 0.495. The lowest BCUT2D eigenvalue weighted by atomic mass is 10.2. The van der Waals surface area contributed by atoms with Crippen LogP contribution < -0.4 is 15.8 Å². The number of carbonyl (C=O) groups is 3. The molecule has 0 aliphatic rings. The highest BCUT2D eigenvalue weighted by molar-refractivity contribution is 7.89. The summed E-state index contributed by atoms with van der Waals surface area (Å²) in [5.74, 6) is -1.79. The van der Waals surface area contributed by atoms with Crippen molar-refractivity contribution in [3.05, 3.63) is 59.7 Å². The number of nitrogens with two attached hydrogens (primary N) is 1. The SMILES string of the molecule is CN(C)S(=O)(=O)c1ccccc1CNC(=O)COC(=O)c1cccc(OCC(N)=O)c1. The Morgan fingerprint density at radius 3 is 2.42 bits per heavy atom. The third kappa shape index (κ3) is 6.79. The van der Waals surface area contributed by atoms with Crippen molar-refractivity contribution in [1.82, 2.24) is 9.62 Å². The van der Waals surface area contributed by atoms with Crippen LogP contribution in [0.15, 0.2) is 53.4 Å². The summed E-state index contributed by atoms with van der Waals surface area (Å²) in [5.41, 5.74) is 5.52. The third-order valence-electron chi connectivity index (χ3n) is 3.99. The molecule has 2 rings (SSSR count). The van der Waals surface area contributed by atoms with Crippen LogP contribution in [0.5, 0.6) is 5.75 Å². The van der Waals surface area contributed by atoms with Crippen molar-refractivity contribution in [3.63, 3.8) is 0 Å². The molecule has 3 N–H and O–H groups in total. The summed E-state index contributed by atoms with van der Waals surface area (Å²) in [7, 11) is -0.846. The number of rotatable bonds is 10. The largest absolute Gasteiger partial charge is 0.484 e. The molecule has 31 heavy (non-hydrogen) atoms. The molecule has 0 saturated carbocycles. The molecule has 0 aliphatic carbocycles. The van der Waals surface area contributed by atoms with Gasteiger partial charge in [0.1, 0.15) is 5.75 Å². The van der Waals surface area contributed by atoms with Gasteiger partial charge in [-0.2, -0.15) is 0 Å². The molecule has 11 heteroatoms. The van der Waals surface area contributed by atoms with Crippen LogP contribution in [0.3, 0.4) is 0 Å². The van der Waals surface area contributed by atoms with Crippen molar-refractivity contribution in [1.29, 1.82) is 0 Å². The summed E-state index contributed by atoms with van der Waals surface area (Å²) in [6.45, 7) is -0.963. The van der Waals surface area contributed by atoms with Crippen LogP contribution in [-0.4, -0.2) is 57.8 Å². The smallest absolute Gasteiger partial charge is 0.338 e. The standard InChI is InChI=1S/C20H23N3O7S/c1-23(2)31(27,28)17-9-4-3-6-15(17)11-22-19(25)13-30-20(26)14-7-5-8-16(10-14)29-12-18(21)24/h3-10H,11-13H2,1-2H3,(H2,21,24)(H,22,25). The van der Waals surface area contributed by atoms with Gasteiger partial charge in [0.15, 0.2) is 13.2 Å². The van der Waals surface area contributed by atoms with E-state index in [0.717, 1.165) is 4.31 Å². The molecule has 2 aromatic rings. The number of primary amides is 1. The summed E-state index contributed by atoms with van der Waals surface area (Å²) < 4.78 is 35.9. The Morgan fingerprint density at radius 1 is 1.03 bits per heavy atom. The molecular formula is C20H23N3O7S. The predicted molar refractivity (Wildman–Crippen MR) is 111 cm³/mol. The maximum absolute atomic E-state index is 12.4. The maximum Gasteiger partial charge on any atom is 0.338 e. The van der Waals surface area contributed by atoms with E-state index in [1.165, 1.54) is 44.4 Å². The minimum Gasteiger partial charge on any atom is -0.484 e. The van der Waals surface area contributed by atoms with Crippen LogP contribution in [0.4, 0.5) is 0 Å². The van der Waals surface area contributed by atoms with Crippen LogP contribution in [0.2, 0.25) is 0 Å². The molecule has 0 spiro atoms. The lowest BCUT2D eigenvalue weighted by molar-refractivity contribution is -0.124. The first-order valence-electron chi connectivity index (χ1n) is 9.06. The van der Waals surface area contributed by atoms with Gasteiger partial charge in [0.2, 0.25) is 10.0 Å². The Bertz CT molecular complexity index is 1070. The molecule has 0 aliphatic heterocycles. The van der Waals surface area contributed by atoms with E-state index in [9.17, 15) is 22.8 Å². The lowest BCUT2D eigenvalue weighted by Crippen LogP contribution is -2.30. The number of nitrogens with one attached hydrogen (secondary N) is 1. The lowest BCUT2D eigenvalue weighted by Gasteiger charge is -2.15. The molecule has 2 amide bonds. The second-order valence-electron chi connectivity index (χ2n) is 6.53. The summed E-state index contributed by atoms with van der Waals surface area (Å²) >= 11 is 0. The molecule has 0 bridgehead atoms. The van der Waals surface area contributed by atoms with E-state index in [2.05, 4.69) is 5.32 Å². The fraction of sp³-hybridized carbons (Fsp3) is 0.250. The number of hydrogen-bond donors (Lipinski definition) is 2. The molecule has 10 nitrogen and oxygen atoms in total. The van der Waals surface area contributed by atoms with Gasteiger partial charge in [-0.1, -0.05) is 24.3 Å². The van der Waals surface area contributed by atoms with Crippen molar-refractivity contribution in [3.8, 4) is 5.75 Å². The van der Waals surface area contributed by atoms with E-state index in [1.54, 1.807) is 18.2 Å². The predicted octanol–water partition coefficient (Wildman–Crippen LogP) is 0.274. The number of sulfonamides is 1. The number of hydrogen-bond acceptors (Lipinski definition) is 7. The monoisotopic (exact) mass is 449 g/mol. The maximum atomic E-state index is 12.4. The number of carbonyl (C=O) groups excluding carboxylic acids is 3. The van der Waals surface area contributed by atoms with E-state index in [1.807, 2.05) is 0 Å². The molecule has 0 saturated heterocycles. The third-order valence-corrected chi connectivity index (χ3v) is 5.91. The normalized spacial score (nSPS) is 11.1. The van der Waals surface area contributed by atoms with E-state index < -0.39 is 34.4 Å². The van der Waals surface area contributed by atoms with Gasteiger partial charge in [-0.3, -0.25) is 9.59 Å². The average Bonchev–Trinajstić information content (AvgIpc) is 2.74. The topological polar surface area (TPSA) is 145 Å². The van der Waals surface area contributed by atoms with Gasteiger partial charge < -0.3 is 20.5 Å². The summed E-state index contributed by atoms with van der Waals surface area (Å²) in [5, 5.41) is 2.53. The Labute approximate surface area is 180 Å². The average molecular weight is 449 g/mol. The van der Waals surface area contributed by atoms with Gasteiger partial charge in [0.25, 0.3) is 11.8 Å². The van der Waals surface area contributed by atoms with Gasteiger partial charge in [-0.25, -0.2) is 17.5 Å². The van der Waals surface area contributed by atoms with Crippen molar-refractivity contribution >= 4 is 27.8 Å². The summed E-state index contributed by atoms with van der Waals surface area (Å²) in [6, 6.07) is 12.1. The molecule has 0 aromatic heterocycles. The second kappa shape index (κ2) is 10.5. The first-order chi connectivity index (χ1) is 14.6. The number of ether oxygens (including phenoxy) is 2.